The van der Waals surface area contributed by atoms with Crippen molar-refractivity contribution in [2.75, 3.05) is 6.54 Å². The third-order valence-electron chi connectivity index (χ3n) is 2.92. The number of benzene rings is 1. The van der Waals surface area contributed by atoms with Gasteiger partial charge >= 0.3 is 0 Å². The second-order valence-electron chi connectivity index (χ2n) is 4.48. The Morgan fingerprint density at radius 3 is 2.74 bits per heavy atom. The highest BCUT2D eigenvalue weighted by molar-refractivity contribution is 5.35. The molecule has 1 aromatic heterocycles. The average Bonchev–Trinajstić information content (AvgIpc) is 2.41. The summed E-state index contributed by atoms with van der Waals surface area (Å²) in [6.45, 7) is 7.81. The number of rotatable bonds is 5. The smallest absolute Gasteiger partial charge is 0.238 e. The maximum absolute atomic E-state index is 5.73. The van der Waals surface area contributed by atoms with Gasteiger partial charge in [0.2, 0.25) is 5.88 Å². The van der Waals surface area contributed by atoms with Gasteiger partial charge in [0.1, 0.15) is 5.75 Å². The molecule has 0 aliphatic rings. The van der Waals surface area contributed by atoms with Crippen LogP contribution in [0.25, 0.3) is 0 Å². The summed E-state index contributed by atoms with van der Waals surface area (Å²) in [5, 5.41) is 3.21. The van der Waals surface area contributed by atoms with Gasteiger partial charge in [-0.25, -0.2) is 4.98 Å². The molecule has 100 valence electrons. The zero-order chi connectivity index (χ0) is 13.7. The lowest BCUT2D eigenvalue weighted by molar-refractivity contribution is 0.456. The molecule has 0 saturated heterocycles. The summed E-state index contributed by atoms with van der Waals surface area (Å²) in [5.74, 6) is 1.32. The van der Waals surface area contributed by atoms with E-state index in [-0.39, 0.29) is 0 Å². The number of nitrogens with zero attached hydrogens (tertiary/aromatic N) is 2. The summed E-state index contributed by atoms with van der Waals surface area (Å²) in [4.78, 5) is 8.56. The normalized spacial score (nSPS) is 10.5. The van der Waals surface area contributed by atoms with Crippen LogP contribution >= 0.6 is 0 Å². The van der Waals surface area contributed by atoms with Crippen LogP contribution < -0.4 is 10.1 Å². The minimum absolute atomic E-state index is 0.527. The van der Waals surface area contributed by atoms with Gasteiger partial charge in [0.25, 0.3) is 0 Å². The van der Waals surface area contributed by atoms with Gasteiger partial charge in [0.15, 0.2) is 0 Å². The lowest BCUT2D eigenvalue weighted by atomic mass is 10.1. The Bertz CT molecular complexity index is 555. The summed E-state index contributed by atoms with van der Waals surface area (Å²) in [7, 11) is 0. The maximum atomic E-state index is 5.73. The van der Waals surface area contributed by atoms with Crippen LogP contribution in [0.3, 0.4) is 0 Å². The van der Waals surface area contributed by atoms with E-state index in [9.17, 15) is 0 Å². The Morgan fingerprint density at radius 2 is 2.00 bits per heavy atom. The van der Waals surface area contributed by atoms with Gasteiger partial charge in [-0.1, -0.05) is 13.0 Å². The van der Waals surface area contributed by atoms with Gasteiger partial charge < -0.3 is 10.1 Å². The van der Waals surface area contributed by atoms with Gasteiger partial charge in [0.05, 0.1) is 11.9 Å². The molecule has 0 atom stereocenters. The van der Waals surface area contributed by atoms with E-state index in [0.29, 0.717) is 12.4 Å². The average molecular weight is 257 g/mol. The van der Waals surface area contributed by atoms with Crippen molar-refractivity contribution < 1.29 is 4.74 Å². The summed E-state index contributed by atoms with van der Waals surface area (Å²) < 4.78 is 5.73. The van der Waals surface area contributed by atoms with Gasteiger partial charge in [-0.2, -0.15) is 0 Å². The van der Waals surface area contributed by atoms with Crippen LogP contribution in [-0.4, -0.2) is 16.5 Å². The lowest BCUT2D eigenvalue weighted by Gasteiger charge is -2.08. The SMILES string of the molecule is CCNCc1cncc(Oc2ccc(C)c(C)c2)n1. The van der Waals surface area contributed by atoms with E-state index in [1.807, 2.05) is 18.2 Å². The molecule has 4 heteroatoms. The first-order valence-electron chi connectivity index (χ1n) is 6.46. The fourth-order valence-electron chi connectivity index (χ4n) is 1.67. The van der Waals surface area contributed by atoms with Gasteiger partial charge in [-0.05, 0) is 43.7 Å². The van der Waals surface area contributed by atoms with Crippen LogP contribution in [0.1, 0.15) is 23.7 Å². The van der Waals surface area contributed by atoms with Crippen LogP contribution in [0.5, 0.6) is 11.6 Å². The van der Waals surface area contributed by atoms with Crippen molar-refractivity contribution in [2.45, 2.75) is 27.3 Å². The molecule has 4 nitrogen and oxygen atoms in total. The highest BCUT2D eigenvalue weighted by Gasteiger charge is 2.03. The molecule has 2 aromatic rings. The summed E-state index contributed by atoms with van der Waals surface area (Å²) in [6, 6.07) is 6.00. The largest absolute Gasteiger partial charge is 0.437 e. The van der Waals surface area contributed by atoms with E-state index in [4.69, 9.17) is 4.74 Å². The quantitative estimate of drug-likeness (QED) is 0.894. The fourth-order valence-corrected chi connectivity index (χ4v) is 1.67. The molecule has 19 heavy (non-hydrogen) atoms. The maximum Gasteiger partial charge on any atom is 0.238 e. The number of hydrogen-bond donors (Lipinski definition) is 1. The van der Waals surface area contributed by atoms with Crippen molar-refractivity contribution in [1.29, 1.82) is 0 Å². The minimum atomic E-state index is 0.527. The van der Waals surface area contributed by atoms with E-state index >= 15 is 0 Å². The molecule has 0 amide bonds. The predicted octanol–water partition coefficient (Wildman–Crippen LogP) is 3.00. The molecule has 2 rings (SSSR count). The van der Waals surface area contributed by atoms with Gasteiger partial charge in [-0.15, -0.1) is 0 Å². The number of hydrogen-bond acceptors (Lipinski definition) is 4. The third kappa shape index (κ3) is 3.76. The summed E-state index contributed by atoms with van der Waals surface area (Å²) in [6.07, 6.45) is 3.38. The highest BCUT2D eigenvalue weighted by Crippen LogP contribution is 2.21. The summed E-state index contributed by atoms with van der Waals surface area (Å²) >= 11 is 0. The van der Waals surface area contributed by atoms with Crippen molar-refractivity contribution in [3.8, 4) is 11.6 Å². The van der Waals surface area contributed by atoms with Crippen LogP contribution in [0, 0.1) is 13.8 Å². The number of aromatic nitrogens is 2. The molecule has 0 saturated carbocycles. The van der Waals surface area contributed by atoms with Crippen LogP contribution in [-0.2, 0) is 6.54 Å². The molecular weight excluding hydrogens is 238 g/mol. The highest BCUT2D eigenvalue weighted by atomic mass is 16.5. The molecule has 0 radical (unpaired) electrons. The van der Waals surface area contributed by atoms with Crippen molar-refractivity contribution in [2.24, 2.45) is 0 Å². The third-order valence-corrected chi connectivity index (χ3v) is 2.92. The molecular formula is C15H19N3O. The zero-order valence-electron chi connectivity index (χ0n) is 11.6. The first kappa shape index (κ1) is 13.5. The van der Waals surface area contributed by atoms with E-state index in [1.165, 1.54) is 11.1 Å². The summed E-state index contributed by atoms with van der Waals surface area (Å²) in [5.41, 5.74) is 3.33. The molecule has 1 heterocycles. The molecule has 1 aromatic carbocycles. The molecule has 1 N–H and O–H groups in total. The zero-order valence-corrected chi connectivity index (χ0v) is 11.6. The van der Waals surface area contributed by atoms with Crippen molar-refractivity contribution >= 4 is 0 Å². The second kappa shape index (κ2) is 6.29. The van der Waals surface area contributed by atoms with E-state index < -0.39 is 0 Å². The van der Waals surface area contributed by atoms with Gasteiger partial charge in [-0.3, -0.25) is 4.98 Å². The first-order chi connectivity index (χ1) is 9.19. The standard InChI is InChI=1S/C15H19N3O/c1-4-16-8-13-9-17-10-15(18-13)19-14-6-5-11(2)12(3)7-14/h5-7,9-10,16H,4,8H2,1-3H3. The van der Waals surface area contributed by atoms with E-state index in [2.05, 4.69) is 36.1 Å². The number of nitrogens with one attached hydrogen (secondary N) is 1. The molecule has 0 unspecified atom stereocenters. The topological polar surface area (TPSA) is 47.0 Å². The minimum Gasteiger partial charge on any atom is -0.437 e. The number of ether oxygens (including phenoxy) is 1. The van der Waals surface area contributed by atoms with E-state index in [1.54, 1.807) is 12.4 Å². The molecule has 0 bridgehead atoms. The predicted molar refractivity (Wildman–Crippen MR) is 75.4 cm³/mol. The Morgan fingerprint density at radius 1 is 1.16 bits per heavy atom. The van der Waals surface area contributed by atoms with Crippen molar-refractivity contribution in [1.82, 2.24) is 15.3 Å². The van der Waals surface area contributed by atoms with Crippen LogP contribution in [0.15, 0.2) is 30.6 Å². The number of aryl methyl sites for hydroxylation is 2. The Balaban J connectivity index is 2.11. The van der Waals surface area contributed by atoms with Crippen molar-refractivity contribution in [3.05, 3.63) is 47.4 Å². The Hall–Kier alpha value is -1.94. The monoisotopic (exact) mass is 257 g/mol. The molecule has 0 spiro atoms. The Kier molecular flexibility index (Phi) is 4.47. The van der Waals surface area contributed by atoms with Crippen LogP contribution in [0.2, 0.25) is 0 Å². The lowest BCUT2D eigenvalue weighted by Crippen LogP contribution is -2.13. The second-order valence-corrected chi connectivity index (χ2v) is 4.48. The van der Waals surface area contributed by atoms with Crippen LogP contribution in [0.4, 0.5) is 0 Å². The van der Waals surface area contributed by atoms with Crippen molar-refractivity contribution in [3.63, 3.8) is 0 Å². The first-order valence-corrected chi connectivity index (χ1v) is 6.46. The molecule has 0 aliphatic heterocycles. The van der Waals surface area contributed by atoms with E-state index in [0.717, 1.165) is 18.0 Å². The fraction of sp³-hybridized carbons (Fsp3) is 0.333. The van der Waals surface area contributed by atoms with Gasteiger partial charge in [0, 0.05) is 12.7 Å². The Labute approximate surface area is 113 Å². The molecule has 0 aliphatic carbocycles. The molecule has 0 fully saturated rings.